The van der Waals surface area contributed by atoms with E-state index in [9.17, 15) is 9.59 Å². The maximum absolute atomic E-state index is 11.9. The van der Waals surface area contributed by atoms with Crippen molar-refractivity contribution in [1.82, 2.24) is 25.1 Å². The molecule has 9 heteroatoms. The normalized spacial score (nSPS) is 10.6. The standard InChI is InChI=1S/C10H13N5O3S/c1-18-7-8(16)11-4-5-14-10(17)15(13-12-14)9-3-2-6-19-9/h2-3,6H,4-5,7H2,1H3,(H,11,16). The fraction of sp³-hybridized carbons (Fsp3) is 0.400. The number of tetrazole rings is 1. The predicted octanol–water partition coefficient (Wildman–Crippen LogP) is -0.747. The topological polar surface area (TPSA) is 91.0 Å². The molecule has 0 aliphatic carbocycles. The number of hydrogen-bond acceptors (Lipinski definition) is 6. The van der Waals surface area contributed by atoms with Crippen molar-refractivity contribution in [1.29, 1.82) is 0 Å². The van der Waals surface area contributed by atoms with E-state index in [1.165, 1.54) is 27.8 Å². The number of rotatable bonds is 6. The first-order valence-electron chi connectivity index (χ1n) is 5.54. The minimum atomic E-state index is -0.330. The number of amides is 1. The molecule has 0 aromatic carbocycles. The van der Waals surface area contributed by atoms with Crippen LogP contribution in [0.3, 0.4) is 0 Å². The molecular formula is C10H13N5O3S. The molecule has 0 saturated heterocycles. The van der Waals surface area contributed by atoms with E-state index >= 15 is 0 Å². The van der Waals surface area contributed by atoms with Gasteiger partial charge in [-0.05, 0) is 27.9 Å². The SMILES string of the molecule is COCC(=O)NCCn1nnn(-c2cccs2)c1=O. The molecule has 0 bridgehead atoms. The van der Waals surface area contributed by atoms with E-state index in [-0.39, 0.29) is 24.7 Å². The fourth-order valence-electron chi connectivity index (χ4n) is 1.43. The average Bonchev–Trinajstić information content (AvgIpc) is 3.00. The van der Waals surface area contributed by atoms with Crippen LogP contribution in [0.4, 0.5) is 0 Å². The van der Waals surface area contributed by atoms with Crippen molar-refractivity contribution in [2.75, 3.05) is 20.3 Å². The van der Waals surface area contributed by atoms with E-state index in [2.05, 4.69) is 20.5 Å². The molecule has 0 radical (unpaired) electrons. The lowest BCUT2D eigenvalue weighted by molar-refractivity contribution is -0.124. The number of ether oxygens (including phenoxy) is 1. The monoisotopic (exact) mass is 283 g/mol. The molecule has 2 heterocycles. The van der Waals surface area contributed by atoms with Gasteiger partial charge >= 0.3 is 5.69 Å². The van der Waals surface area contributed by atoms with Crippen LogP contribution in [0.1, 0.15) is 0 Å². The fourth-order valence-corrected chi connectivity index (χ4v) is 2.09. The third-order valence-electron chi connectivity index (χ3n) is 2.28. The molecule has 2 aromatic rings. The maximum atomic E-state index is 11.9. The Morgan fingerprint density at radius 2 is 2.37 bits per heavy atom. The Bertz CT molecular complexity index is 589. The van der Waals surface area contributed by atoms with Gasteiger partial charge in [0.25, 0.3) is 0 Å². The predicted molar refractivity (Wildman–Crippen MR) is 68.4 cm³/mol. The molecule has 1 amide bonds. The zero-order valence-corrected chi connectivity index (χ0v) is 11.1. The van der Waals surface area contributed by atoms with E-state index < -0.39 is 0 Å². The van der Waals surface area contributed by atoms with Crippen LogP contribution in [0.5, 0.6) is 0 Å². The largest absolute Gasteiger partial charge is 0.375 e. The summed E-state index contributed by atoms with van der Waals surface area (Å²) in [7, 11) is 1.44. The van der Waals surface area contributed by atoms with E-state index in [4.69, 9.17) is 0 Å². The van der Waals surface area contributed by atoms with Gasteiger partial charge in [-0.3, -0.25) is 4.79 Å². The van der Waals surface area contributed by atoms with Crippen molar-refractivity contribution in [3.05, 3.63) is 28.0 Å². The first kappa shape index (κ1) is 13.4. The Kier molecular flexibility index (Phi) is 4.42. The molecule has 2 rings (SSSR count). The van der Waals surface area contributed by atoms with Gasteiger partial charge in [-0.2, -0.15) is 9.36 Å². The Morgan fingerprint density at radius 1 is 1.53 bits per heavy atom. The van der Waals surface area contributed by atoms with Crippen LogP contribution < -0.4 is 11.0 Å². The molecule has 19 heavy (non-hydrogen) atoms. The summed E-state index contributed by atoms with van der Waals surface area (Å²) in [6.07, 6.45) is 0. The van der Waals surface area contributed by atoms with Crippen molar-refractivity contribution in [3.8, 4) is 5.00 Å². The first-order valence-corrected chi connectivity index (χ1v) is 6.42. The zero-order valence-electron chi connectivity index (χ0n) is 10.3. The number of carbonyl (C=O) groups excluding carboxylic acids is 1. The number of nitrogens with zero attached hydrogens (tertiary/aromatic N) is 4. The van der Waals surface area contributed by atoms with Crippen molar-refractivity contribution >= 4 is 17.2 Å². The molecule has 102 valence electrons. The van der Waals surface area contributed by atoms with Gasteiger partial charge in [0.1, 0.15) is 11.6 Å². The summed E-state index contributed by atoms with van der Waals surface area (Å²) >= 11 is 1.40. The number of aromatic nitrogens is 4. The molecule has 2 aromatic heterocycles. The number of methoxy groups -OCH3 is 1. The van der Waals surface area contributed by atoms with Gasteiger partial charge < -0.3 is 10.1 Å². The molecule has 1 N–H and O–H groups in total. The minimum absolute atomic E-state index is 0.00319. The third-order valence-corrected chi connectivity index (χ3v) is 3.12. The van der Waals surface area contributed by atoms with Gasteiger partial charge in [0.05, 0.1) is 6.54 Å². The second kappa shape index (κ2) is 6.25. The van der Waals surface area contributed by atoms with Gasteiger partial charge in [0, 0.05) is 13.7 Å². The summed E-state index contributed by atoms with van der Waals surface area (Å²) < 4.78 is 7.10. The number of thiophene rings is 1. The Morgan fingerprint density at radius 3 is 3.05 bits per heavy atom. The van der Waals surface area contributed by atoms with E-state index in [0.29, 0.717) is 11.5 Å². The van der Waals surface area contributed by atoms with Crippen LogP contribution >= 0.6 is 11.3 Å². The lowest BCUT2D eigenvalue weighted by atomic mass is 10.5. The van der Waals surface area contributed by atoms with E-state index in [1.54, 1.807) is 6.07 Å². The lowest BCUT2D eigenvalue weighted by Crippen LogP contribution is -2.33. The zero-order chi connectivity index (χ0) is 13.7. The Labute approximate surface area is 112 Å². The van der Waals surface area contributed by atoms with Gasteiger partial charge in [-0.25, -0.2) is 4.79 Å². The number of hydrogen-bond donors (Lipinski definition) is 1. The second-order valence-electron chi connectivity index (χ2n) is 3.63. The quantitative estimate of drug-likeness (QED) is 0.753. The summed E-state index contributed by atoms with van der Waals surface area (Å²) in [5.41, 5.74) is -0.330. The number of carbonyl (C=O) groups is 1. The third kappa shape index (κ3) is 3.26. The molecule has 0 saturated carbocycles. The van der Waals surface area contributed by atoms with Crippen LogP contribution in [0, 0.1) is 0 Å². The van der Waals surface area contributed by atoms with Gasteiger partial charge in [0.15, 0.2) is 0 Å². The summed E-state index contributed by atoms with van der Waals surface area (Å²) in [6.45, 7) is 0.557. The summed E-state index contributed by atoms with van der Waals surface area (Å²) in [4.78, 5) is 23.1. The van der Waals surface area contributed by atoms with Crippen molar-refractivity contribution in [2.45, 2.75) is 6.54 Å². The minimum Gasteiger partial charge on any atom is -0.375 e. The molecule has 0 atom stereocenters. The molecule has 0 unspecified atom stereocenters. The highest BCUT2D eigenvalue weighted by molar-refractivity contribution is 7.12. The van der Waals surface area contributed by atoms with Crippen LogP contribution in [0.2, 0.25) is 0 Å². The molecule has 8 nitrogen and oxygen atoms in total. The Balaban J connectivity index is 1.96. The van der Waals surface area contributed by atoms with Gasteiger partial charge in [0.2, 0.25) is 5.91 Å². The van der Waals surface area contributed by atoms with E-state index in [1.807, 2.05) is 11.4 Å². The summed E-state index contributed by atoms with van der Waals surface area (Å²) in [5, 5.41) is 12.7. The van der Waals surface area contributed by atoms with Crippen molar-refractivity contribution in [2.24, 2.45) is 0 Å². The van der Waals surface area contributed by atoms with Gasteiger partial charge in [-0.1, -0.05) is 0 Å². The molecule has 0 aliphatic rings. The second-order valence-corrected chi connectivity index (χ2v) is 4.56. The highest BCUT2D eigenvalue weighted by Gasteiger charge is 2.09. The molecule has 0 spiro atoms. The Hall–Kier alpha value is -2.00. The van der Waals surface area contributed by atoms with Crippen LogP contribution in [-0.4, -0.2) is 46.0 Å². The van der Waals surface area contributed by atoms with Crippen LogP contribution in [0.25, 0.3) is 5.00 Å². The van der Waals surface area contributed by atoms with Crippen molar-refractivity contribution in [3.63, 3.8) is 0 Å². The van der Waals surface area contributed by atoms with Crippen LogP contribution in [0.15, 0.2) is 22.3 Å². The summed E-state index contributed by atoms with van der Waals surface area (Å²) in [6, 6.07) is 3.61. The number of nitrogens with one attached hydrogen (secondary N) is 1. The highest BCUT2D eigenvalue weighted by Crippen LogP contribution is 2.10. The highest BCUT2D eigenvalue weighted by atomic mass is 32.1. The first-order chi connectivity index (χ1) is 9.22. The van der Waals surface area contributed by atoms with Gasteiger partial charge in [-0.15, -0.1) is 11.3 Å². The maximum Gasteiger partial charge on any atom is 0.369 e. The summed E-state index contributed by atoms with van der Waals surface area (Å²) in [5.74, 6) is -0.235. The molecular weight excluding hydrogens is 270 g/mol. The average molecular weight is 283 g/mol. The lowest BCUT2D eigenvalue weighted by Gasteiger charge is -2.02. The molecule has 0 aliphatic heterocycles. The van der Waals surface area contributed by atoms with E-state index in [0.717, 1.165) is 0 Å². The van der Waals surface area contributed by atoms with Crippen molar-refractivity contribution < 1.29 is 9.53 Å². The molecule has 0 fully saturated rings. The van der Waals surface area contributed by atoms with Crippen LogP contribution in [-0.2, 0) is 16.1 Å². The smallest absolute Gasteiger partial charge is 0.369 e.